The summed E-state index contributed by atoms with van der Waals surface area (Å²) in [6, 6.07) is 13.4. The zero-order valence-corrected chi connectivity index (χ0v) is 29.3. The molecule has 2 amide bonds. The number of non-ortho nitro benzene ring substituents is 1. The van der Waals surface area contributed by atoms with Crippen LogP contribution in [0, 0.1) is 13.7 Å². The SMILES string of the molecule is CCOc1cc([C@@H]2NC(=O)NC(C)=C2C(=O)OC)ccc1OC[C@@H](O)N/N=C/c1cc(I)c(OCc2ccc([N+](=O)[O-])cc2)c(OCC)c1. The summed E-state index contributed by atoms with van der Waals surface area (Å²) < 4.78 is 29.0. The van der Waals surface area contributed by atoms with E-state index in [2.05, 4.69) is 43.8 Å². The molecule has 0 saturated heterocycles. The predicted octanol–water partition coefficient (Wildman–Crippen LogP) is 4.70. The minimum Gasteiger partial charge on any atom is -0.490 e. The summed E-state index contributed by atoms with van der Waals surface area (Å²) in [5, 5.41) is 30.9. The van der Waals surface area contributed by atoms with Gasteiger partial charge in [-0.25, -0.2) is 9.59 Å². The number of urea groups is 1. The number of carbonyl (C=O) groups excluding carboxylic acids is 2. The number of nitro groups is 1. The highest BCUT2D eigenvalue weighted by Crippen LogP contribution is 2.36. The predicted molar refractivity (Wildman–Crippen MR) is 187 cm³/mol. The van der Waals surface area contributed by atoms with Crippen molar-refractivity contribution in [2.24, 2.45) is 5.10 Å². The van der Waals surface area contributed by atoms with Gasteiger partial charge in [-0.3, -0.25) is 15.5 Å². The molecule has 0 saturated carbocycles. The molecule has 0 fully saturated rings. The molecular formula is C33H36IN5O10. The number of nitro benzene ring substituents is 1. The Morgan fingerprint density at radius 2 is 1.78 bits per heavy atom. The zero-order valence-electron chi connectivity index (χ0n) is 27.2. The molecule has 16 heteroatoms. The van der Waals surface area contributed by atoms with E-state index in [9.17, 15) is 24.8 Å². The van der Waals surface area contributed by atoms with Crippen molar-refractivity contribution in [3.05, 3.63) is 96.2 Å². The first-order chi connectivity index (χ1) is 23.5. The molecule has 0 aromatic heterocycles. The molecule has 15 nitrogen and oxygen atoms in total. The monoisotopic (exact) mass is 789 g/mol. The zero-order chi connectivity index (χ0) is 35.5. The van der Waals surface area contributed by atoms with Crippen molar-refractivity contribution in [1.82, 2.24) is 16.1 Å². The van der Waals surface area contributed by atoms with Crippen LogP contribution in [-0.4, -0.2) is 61.4 Å². The molecule has 4 rings (SSSR count). The number of carbonyl (C=O) groups is 2. The van der Waals surface area contributed by atoms with Gasteiger partial charge in [-0.05, 0) is 96.5 Å². The Hall–Kier alpha value is -5.10. The van der Waals surface area contributed by atoms with Gasteiger partial charge in [0.1, 0.15) is 13.2 Å². The van der Waals surface area contributed by atoms with Gasteiger partial charge in [-0.15, -0.1) is 0 Å². The van der Waals surface area contributed by atoms with E-state index < -0.39 is 29.2 Å². The third-order valence-electron chi connectivity index (χ3n) is 6.97. The highest BCUT2D eigenvalue weighted by molar-refractivity contribution is 14.1. The summed E-state index contributed by atoms with van der Waals surface area (Å²) in [6.07, 6.45) is 0.316. The number of hydrogen-bond donors (Lipinski definition) is 4. The van der Waals surface area contributed by atoms with Crippen LogP contribution in [0.4, 0.5) is 10.5 Å². The van der Waals surface area contributed by atoms with Gasteiger partial charge in [0, 0.05) is 17.8 Å². The van der Waals surface area contributed by atoms with Crippen LogP contribution in [0.1, 0.15) is 43.5 Å². The molecule has 0 radical (unpaired) electrons. The number of amides is 2. The number of rotatable bonds is 16. The second kappa shape index (κ2) is 17.3. The van der Waals surface area contributed by atoms with Crippen LogP contribution in [0.25, 0.3) is 0 Å². The third kappa shape index (κ3) is 9.73. The number of allylic oxidation sites excluding steroid dienone is 1. The van der Waals surface area contributed by atoms with Crippen LogP contribution in [0.15, 0.2) is 71.0 Å². The number of methoxy groups -OCH3 is 1. The van der Waals surface area contributed by atoms with Gasteiger partial charge in [0.05, 0.1) is 46.6 Å². The van der Waals surface area contributed by atoms with Gasteiger partial charge in [0.25, 0.3) is 5.69 Å². The highest BCUT2D eigenvalue weighted by atomic mass is 127. The number of ether oxygens (including phenoxy) is 5. The van der Waals surface area contributed by atoms with Crippen LogP contribution >= 0.6 is 22.6 Å². The Morgan fingerprint density at radius 3 is 2.45 bits per heavy atom. The highest BCUT2D eigenvalue weighted by Gasteiger charge is 2.32. The Balaban J connectivity index is 1.39. The lowest BCUT2D eigenvalue weighted by Gasteiger charge is -2.28. The second-order valence-electron chi connectivity index (χ2n) is 10.4. The molecule has 0 bridgehead atoms. The number of halogens is 1. The summed E-state index contributed by atoms with van der Waals surface area (Å²) >= 11 is 2.12. The van der Waals surface area contributed by atoms with Crippen molar-refractivity contribution < 1.29 is 43.3 Å². The van der Waals surface area contributed by atoms with E-state index in [0.29, 0.717) is 53.0 Å². The van der Waals surface area contributed by atoms with E-state index in [4.69, 9.17) is 23.7 Å². The maximum atomic E-state index is 12.5. The normalized spacial score (nSPS) is 14.8. The van der Waals surface area contributed by atoms with Crippen molar-refractivity contribution in [3.63, 3.8) is 0 Å². The summed E-state index contributed by atoms with van der Waals surface area (Å²) in [5.74, 6) is 1.10. The standard InChI is InChI=1S/C33H36IN5O10/c1-5-46-26-15-22(30-29(32(41)45-4)19(3)36-33(42)37-30)9-12-25(26)48-18-28(40)38-35-16-21-13-24(34)31(27(14-21)47-6-2)49-17-20-7-10-23(11-8-20)39(43)44/h7-16,28,30,38,40H,5-6,17-18H2,1-4H3,(H2,36,37,42)/b35-16+/t28-,30+/m1/s1. The molecule has 1 aliphatic heterocycles. The maximum Gasteiger partial charge on any atom is 0.337 e. The summed E-state index contributed by atoms with van der Waals surface area (Å²) in [7, 11) is 1.26. The number of benzene rings is 3. The van der Waals surface area contributed by atoms with Gasteiger partial charge in [0.15, 0.2) is 29.2 Å². The molecule has 1 heterocycles. The Bertz CT molecular complexity index is 1730. The Morgan fingerprint density at radius 1 is 1.06 bits per heavy atom. The summed E-state index contributed by atoms with van der Waals surface area (Å²) in [4.78, 5) is 35.1. The molecule has 1 aliphatic rings. The van der Waals surface area contributed by atoms with E-state index in [-0.39, 0.29) is 24.5 Å². The van der Waals surface area contributed by atoms with Gasteiger partial charge in [-0.1, -0.05) is 6.07 Å². The molecule has 3 aromatic rings. The fourth-order valence-electron chi connectivity index (χ4n) is 4.75. The number of aliphatic hydroxyl groups is 1. The molecule has 4 N–H and O–H groups in total. The quantitative estimate of drug-likeness (QED) is 0.0393. The van der Waals surface area contributed by atoms with E-state index in [1.54, 1.807) is 50.2 Å². The Kier molecular flexibility index (Phi) is 13.0. The first-order valence-corrected chi connectivity index (χ1v) is 16.2. The van der Waals surface area contributed by atoms with Crippen LogP contribution in [0.3, 0.4) is 0 Å². The van der Waals surface area contributed by atoms with Crippen LogP contribution < -0.4 is 35.0 Å². The second-order valence-corrected chi connectivity index (χ2v) is 11.6. The molecule has 2 atom stereocenters. The van der Waals surface area contributed by atoms with E-state index in [1.165, 1.54) is 25.5 Å². The Labute approximate surface area is 295 Å². The van der Waals surface area contributed by atoms with Gasteiger partial charge < -0.3 is 39.4 Å². The first-order valence-electron chi connectivity index (χ1n) is 15.1. The lowest BCUT2D eigenvalue weighted by Crippen LogP contribution is -2.45. The summed E-state index contributed by atoms with van der Waals surface area (Å²) in [5.41, 5.74) is 5.25. The van der Waals surface area contributed by atoms with Crippen LogP contribution in [-0.2, 0) is 16.1 Å². The number of hydrogen-bond acceptors (Lipinski definition) is 12. The van der Waals surface area contributed by atoms with Crippen molar-refractivity contribution in [2.45, 2.75) is 39.6 Å². The number of esters is 1. The molecule has 0 aliphatic carbocycles. The van der Waals surface area contributed by atoms with Gasteiger partial charge >= 0.3 is 12.0 Å². The van der Waals surface area contributed by atoms with Crippen molar-refractivity contribution in [2.75, 3.05) is 26.9 Å². The van der Waals surface area contributed by atoms with Crippen molar-refractivity contribution >= 4 is 46.5 Å². The minimum atomic E-state index is -1.19. The largest absolute Gasteiger partial charge is 0.490 e. The smallest absolute Gasteiger partial charge is 0.337 e. The average Bonchev–Trinajstić information content (AvgIpc) is 3.07. The first kappa shape index (κ1) is 36.7. The number of hydrazone groups is 1. The molecule has 49 heavy (non-hydrogen) atoms. The molecule has 3 aromatic carbocycles. The van der Waals surface area contributed by atoms with Crippen molar-refractivity contribution in [3.8, 4) is 23.0 Å². The number of nitrogens with zero attached hydrogens (tertiary/aromatic N) is 2. The number of aliphatic hydroxyl groups excluding tert-OH is 1. The maximum absolute atomic E-state index is 12.5. The van der Waals surface area contributed by atoms with Gasteiger partial charge in [0.2, 0.25) is 0 Å². The van der Waals surface area contributed by atoms with E-state index >= 15 is 0 Å². The van der Waals surface area contributed by atoms with E-state index in [0.717, 1.165) is 9.13 Å². The van der Waals surface area contributed by atoms with Crippen LogP contribution in [0.2, 0.25) is 0 Å². The number of nitrogens with one attached hydrogen (secondary N) is 3. The molecule has 260 valence electrons. The average molecular weight is 790 g/mol. The topological polar surface area (TPSA) is 192 Å². The minimum absolute atomic E-state index is 0.00116. The fourth-order valence-corrected chi connectivity index (χ4v) is 5.54. The fraction of sp³-hybridized carbons (Fsp3) is 0.303. The molecule has 0 unspecified atom stereocenters. The summed E-state index contributed by atoms with van der Waals surface area (Å²) in [6.45, 7) is 5.95. The lowest BCUT2D eigenvalue weighted by atomic mass is 9.95. The molecule has 0 spiro atoms. The van der Waals surface area contributed by atoms with E-state index in [1.807, 2.05) is 13.0 Å². The molecular weight excluding hydrogens is 753 g/mol. The van der Waals surface area contributed by atoms with Crippen LogP contribution in [0.5, 0.6) is 23.0 Å². The van der Waals surface area contributed by atoms with Crippen molar-refractivity contribution in [1.29, 1.82) is 0 Å². The lowest BCUT2D eigenvalue weighted by molar-refractivity contribution is -0.384. The third-order valence-corrected chi connectivity index (χ3v) is 7.77. The van der Waals surface area contributed by atoms with Gasteiger partial charge in [-0.2, -0.15) is 5.10 Å².